The third-order valence-electron chi connectivity index (χ3n) is 2.15. The van der Waals surface area contributed by atoms with Gasteiger partial charge in [0.05, 0.1) is 15.7 Å². The molecule has 0 atom stereocenters. The Morgan fingerprint density at radius 2 is 2.06 bits per heavy atom. The van der Waals surface area contributed by atoms with Crippen molar-refractivity contribution < 1.29 is 4.79 Å². The number of nitrogens with two attached hydrogens (primary N) is 2. The van der Waals surface area contributed by atoms with Crippen LogP contribution in [0.3, 0.4) is 0 Å². The lowest BCUT2D eigenvalue weighted by Gasteiger charge is -2.06. The van der Waals surface area contributed by atoms with E-state index in [9.17, 15) is 4.79 Å². The van der Waals surface area contributed by atoms with Crippen molar-refractivity contribution in [2.24, 2.45) is 5.73 Å². The van der Waals surface area contributed by atoms with Gasteiger partial charge in [-0.2, -0.15) is 5.10 Å². The van der Waals surface area contributed by atoms with E-state index in [-0.39, 0.29) is 11.5 Å². The number of anilines is 1. The SMILES string of the molecule is NC(=O)c1cc(N)n(-c2cccc(Cl)c2Cl)n1. The monoisotopic (exact) mass is 270 g/mol. The molecule has 0 unspecified atom stereocenters. The minimum atomic E-state index is -0.659. The molecule has 4 N–H and O–H groups in total. The second-order valence-electron chi connectivity index (χ2n) is 3.30. The van der Waals surface area contributed by atoms with Crippen LogP contribution in [0.15, 0.2) is 24.3 Å². The molecule has 0 radical (unpaired) electrons. The van der Waals surface area contributed by atoms with Crippen molar-refractivity contribution in [1.29, 1.82) is 0 Å². The zero-order valence-corrected chi connectivity index (χ0v) is 10.0. The fourth-order valence-electron chi connectivity index (χ4n) is 1.36. The lowest BCUT2D eigenvalue weighted by molar-refractivity contribution is 0.0995. The molecule has 0 aliphatic heterocycles. The van der Waals surface area contributed by atoms with Crippen LogP contribution in [0.1, 0.15) is 10.5 Å². The van der Waals surface area contributed by atoms with Gasteiger partial charge in [-0.3, -0.25) is 4.79 Å². The summed E-state index contributed by atoms with van der Waals surface area (Å²) in [5.41, 5.74) is 11.4. The van der Waals surface area contributed by atoms with Gasteiger partial charge in [0.15, 0.2) is 5.69 Å². The number of halogens is 2. The van der Waals surface area contributed by atoms with Crippen LogP contribution < -0.4 is 11.5 Å². The third kappa shape index (κ3) is 2.07. The molecule has 1 heterocycles. The van der Waals surface area contributed by atoms with E-state index >= 15 is 0 Å². The zero-order chi connectivity index (χ0) is 12.6. The Balaban J connectivity index is 2.60. The first kappa shape index (κ1) is 11.8. The molecule has 1 aromatic carbocycles. The Labute approximate surface area is 107 Å². The minimum absolute atomic E-state index is 0.0681. The number of hydrogen-bond acceptors (Lipinski definition) is 3. The van der Waals surface area contributed by atoms with E-state index in [1.165, 1.54) is 10.7 Å². The van der Waals surface area contributed by atoms with Gasteiger partial charge in [0.25, 0.3) is 5.91 Å². The molecule has 0 saturated heterocycles. The fraction of sp³-hybridized carbons (Fsp3) is 0. The van der Waals surface area contributed by atoms with Gasteiger partial charge in [0.2, 0.25) is 0 Å². The summed E-state index contributed by atoms with van der Waals surface area (Å²) in [5, 5.41) is 4.64. The Morgan fingerprint density at radius 3 is 2.65 bits per heavy atom. The van der Waals surface area contributed by atoms with Crippen LogP contribution in [0.2, 0.25) is 10.0 Å². The average molecular weight is 271 g/mol. The average Bonchev–Trinajstić information content (AvgIpc) is 2.65. The van der Waals surface area contributed by atoms with E-state index in [2.05, 4.69) is 5.10 Å². The first-order chi connectivity index (χ1) is 8.00. The highest BCUT2D eigenvalue weighted by Crippen LogP contribution is 2.29. The molecule has 0 bridgehead atoms. The number of benzene rings is 1. The van der Waals surface area contributed by atoms with Gasteiger partial charge >= 0.3 is 0 Å². The Kier molecular flexibility index (Phi) is 2.95. The first-order valence-electron chi connectivity index (χ1n) is 4.60. The Morgan fingerprint density at radius 1 is 1.35 bits per heavy atom. The molecule has 5 nitrogen and oxygen atoms in total. The van der Waals surface area contributed by atoms with Crippen molar-refractivity contribution in [3.05, 3.63) is 40.0 Å². The van der Waals surface area contributed by atoms with E-state index in [0.717, 1.165) is 0 Å². The van der Waals surface area contributed by atoms with Gasteiger partial charge in [0, 0.05) is 6.07 Å². The van der Waals surface area contributed by atoms with Crippen LogP contribution in [0.25, 0.3) is 5.69 Å². The van der Waals surface area contributed by atoms with Crippen molar-refractivity contribution in [3.8, 4) is 5.69 Å². The molecule has 17 heavy (non-hydrogen) atoms. The highest BCUT2D eigenvalue weighted by molar-refractivity contribution is 6.43. The zero-order valence-electron chi connectivity index (χ0n) is 8.52. The van der Waals surface area contributed by atoms with E-state index in [4.69, 9.17) is 34.7 Å². The topological polar surface area (TPSA) is 86.9 Å². The predicted molar refractivity (Wildman–Crippen MR) is 66.5 cm³/mol. The summed E-state index contributed by atoms with van der Waals surface area (Å²) < 4.78 is 1.31. The van der Waals surface area contributed by atoms with Gasteiger partial charge < -0.3 is 11.5 Å². The van der Waals surface area contributed by atoms with E-state index in [1.807, 2.05) is 0 Å². The number of carbonyl (C=O) groups is 1. The Hall–Kier alpha value is -1.72. The minimum Gasteiger partial charge on any atom is -0.384 e. The molecule has 2 aromatic rings. The Bertz CT molecular complexity index is 594. The van der Waals surface area contributed by atoms with Crippen molar-refractivity contribution in [2.45, 2.75) is 0 Å². The summed E-state index contributed by atoms with van der Waals surface area (Å²) in [5.74, 6) is -0.406. The quantitative estimate of drug-likeness (QED) is 0.873. The summed E-state index contributed by atoms with van der Waals surface area (Å²) in [7, 11) is 0. The molecular weight excluding hydrogens is 263 g/mol. The number of amides is 1. The molecule has 1 aromatic heterocycles. The molecule has 2 rings (SSSR count). The number of carbonyl (C=O) groups excluding carboxylic acids is 1. The van der Waals surface area contributed by atoms with Crippen LogP contribution in [0.5, 0.6) is 0 Å². The summed E-state index contributed by atoms with van der Waals surface area (Å²) in [6.45, 7) is 0. The predicted octanol–water partition coefficient (Wildman–Crippen LogP) is 1.86. The first-order valence-corrected chi connectivity index (χ1v) is 5.36. The maximum atomic E-state index is 11.0. The number of nitrogen functional groups attached to an aromatic ring is 1. The maximum absolute atomic E-state index is 11.0. The number of aromatic nitrogens is 2. The standard InChI is InChI=1S/C10H8Cl2N4O/c11-5-2-1-3-7(9(5)12)16-8(13)4-6(15-16)10(14)17/h1-4H,13H2,(H2,14,17). The highest BCUT2D eigenvalue weighted by Gasteiger charge is 2.14. The van der Waals surface area contributed by atoms with Crippen molar-refractivity contribution in [3.63, 3.8) is 0 Å². The van der Waals surface area contributed by atoms with E-state index in [1.54, 1.807) is 18.2 Å². The molecule has 7 heteroatoms. The molecule has 0 fully saturated rings. The number of rotatable bonds is 2. The molecule has 0 aliphatic carbocycles. The molecule has 1 amide bonds. The largest absolute Gasteiger partial charge is 0.384 e. The summed E-state index contributed by atoms with van der Waals surface area (Å²) in [6.07, 6.45) is 0. The lowest BCUT2D eigenvalue weighted by atomic mass is 10.3. The molecular formula is C10H8Cl2N4O. The summed E-state index contributed by atoms with van der Waals surface area (Å²) in [6, 6.07) is 6.40. The van der Waals surface area contributed by atoms with Crippen molar-refractivity contribution in [1.82, 2.24) is 9.78 Å². The van der Waals surface area contributed by atoms with Gasteiger partial charge in [0.1, 0.15) is 5.82 Å². The fourth-order valence-corrected chi connectivity index (χ4v) is 1.74. The lowest BCUT2D eigenvalue weighted by Crippen LogP contribution is -2.12. The second-order valence-corrected chi connectivity index (χ2v) is 4.09. The van der Waals surface area contributed by atoms with Crippen LogP contribution in [0.4, 0.5) is 5.82 Å². The van der Waals surface area contributed by atoms with Gasteiger partial charge in [-0.05, 0) is 12.1 Å². The maximum Gasteiger partial charge on any atom is 0.269 e. The van der Waals surface area contributed by atoms with Crippen molar-refractivity contribution >= 4 is 34.9 Å². The van der Waals surface area contributed by atoms with Crippen LogP contribution in [-0.2, 0) is 0 Å². The number of hydrogen-bond donors (Lipinski definition) is 2. The smallest absolute Gasteiger partial charge is 0.269 e. The number of nitrogens with zero attached hydrogens (tertiary/aromatic N) is 2. The van der Waals surface area contributed by atoms with E-state index < -0.39 is 5.91 Å². The number of primary amides is 1. The van der Waals surface area contributed by atoms with Gasteiger partial charge in [-0.25, -0.2) is 4.68 Å². The third-order valence-corrected chi connectivity index (χ3v) is 2.96. The highest BCUT2D eigenvalue weighted by atomic mass is 35.5. The van der Waals surface area contributed by atoms with Crippen LogP contribution in [0, 0.1) is 0 Å². The molecule has 0 saturated carbocycles. The van der Waals surface area contributed by atoms with Crippen molar-refractivity contribution in [2.75, 3.05) is 5.73 Å². The molecule has 0 aliphatic rings. The second kappa shape index (κ2) is 4.27. The summed E-state index contributed by atoms with van der Waals surface area (Å²) in [4.78, 5) is 11.0. The van der Waals surface area contributed by atoms with Gasteiger partial charge in [-0.15, -0.1) is 0 Å². The molecule has 0 spiro atoms. The van der Waals surface area contributed by atoms with E-state index in [0.29, 0.717) is 15.7 Å². The normalized spacial score (nSPS) is 10.5. The summed E-state index contributed by atoms with van der Waals surface area (Å²) >= 11 is 11.9. The molecule has 88 valence electrons. The van der Waals surface area contributed by atoms with Crippen LogP contribution >= 0.6 is 23.2 Å². The van der Waals surface area contributed by atoms with Crippen LogP contribution in [-0.4, -0.2) is 15.7 Å². The van der Waals surface area contributed by atoms with Gasteiger partial charge in [-0.1, -0.05) is 29.3 Å².